The van der Waals surface area contributed by atoms with E-state index in [1.54, 1.807) is 0 Å². The Kier molecular flexibility index (Phi) is 6.86. The van der Waals surface area contributed by atoms with Gasteiger partial charge in [-0.15, -0.1) is 0 Å². The molecule has 1 aromatic carbocycles. The van der Waals surface area contributed by atoms with Crippen LogP contribution in [-0.2, 0) is 11.3 Å². The molecule has 0 aliphatic rings. The highest BCUT2D eigenvalue weighted by Gasteiger charge is 2.10. The summed E-state index contributed by atoms with van der Waals surface area (Å²) in [5.41, 5.74) is 1.20. The Morgan fingerprint density at radius 1 is 1.29 bits per heavy atom. The molecule has 1 atom stereocenters. The molecule has 3 heteroatoms. The summed E-state index contributed by atoms with van der Waals surface area (Å²) in [7, 11) is 2.02. The molecular weight excluding hydrogens is 214 g/mol. The average Bonchev–Trinajstić information content (AvgIpc) is 2.37. The number of rotatable bonds is 8. The van der Waals surface area contributed by atoms with E-state index in [4.69, 9.17) is 9.84 Å². The van der Waals surface area contributed by atoms with Crippen LogP contribution < -0.4 is 0 Å². The van der Waals surface area contributed by atoms with E-state index in [9.17, 15) is 0 Å². The van der Waals surface area contributed by atoms with Gasteiger partial charge in [-0.25, -0.2) is 0 Å². The maximum Gasteiger partial charge on any atom is 0.0717 e. The summed E-state index contributed by atoms with van der Waals surface area (Å²) in [6.07, 6.45) is 0.964. The van der Waals surface area contributed by atoms with E-state index in [0.29, 0.717) is 13.2 Å². The average molecular weight is 237 g/mol. The quantitative estimate of drug-likeness (QED) is 0.701. The standard InChI is InChI=1S/C14H23NO2/c1-3-14(11-16)15(2)9-10-17-12-13-7-5-4-6-8-13/h4-8,14,16H,3,9-12H2,1-2H3. The van der Waals surface area contributed by atoms with Gasteiger partial charge in [-0.1, -0.05) is 37.3 Å². The molecule has 0 aromatic heterocycles. The summed E-state index contributed by atoms with van der Waals surface area (Å²) < 4.78 is 5.61. The molecule has 0 saturated carbocycles. The normalized spacial score (nSPS) is 12.9. The van der Waals surface area contributed by atoms with Crippen molar-refractivity contribution in [3.8, 4) is 0 Å². The topological polar surface area (TPSA) is 32.7 Å². The molecule has 1 N–H and O–H groups in total. The van der Waals surface area contributed by atoms with Crippen LogP contribution in [0.4, 0.5) is 0 Å². The van der Waals surface area contributed by atoms with Crippen LogP contribution in [-0.4, -0.2) is 42.9 Å². The van der Waals surface area contributed by atoms with E-state index in [1.165, 1.54) is 5.56 Å². The van der Waals surface area contributed by atoms with Crippen LogP contribution >= 0.6 is 0 Å². The first-order valence-corrected chi connectivity index (χ1v) is 6.20. The summed E-state index contributed by atoms with van der Waals surface area (Å²) in [5.74, 6) is 0. The van der Waals surface area contributed by atoms with E-state index in [1.807, 2.05) is 25.2 Å². The lowest BCUT2D eigenvalue weighted by Crippen LogP contribution is -2.36. The van der Waals surface area contributed by atoms with Gasteiger partial charge in [-0.2, -0.15) is 0 Å². The molecule has 0 heterocycles. The van der Waals surface area contributed by atoms with Crippen molar-refractivity contribution in [1.82, 2.24) is 4.90 Å². The number of benzene rings is 1. The minimum absolute atomic E-state index is 0.214. The molecule has 0 fully saturated rings. The Morgan fingerprint density at radius 3 is 2.59 bits per heavy atom. The maximum atomic E-state index is 9.15. The highest BCUT2D eigenvalue weighted by molar-refractivity contribution is 5.13. The molecule has 0 bridgehead atoms. The summed E-state index contributed by atoms with van der Waals surface area (Å²) in [4.78, 5) is 2.14. The van der Waals surface area contributed by atoms with Crippen molar-refractivity contribution in [2.24, 2.45) is 0 Å². The largest absolute Gasteiger partial charge is 0.395 e. The van der Waals surface area contributed by atoms with Crippen molar-refractivity contribution in [2.45, 2.75) is 26.0 Å². The molecule has 1 aromatic rings. The van der Waals surface area contributed by atoms with Crippen LogP contribution in [0.25, 0.3) is 0 Å². The van der Waals surface area contributed by atoms with Gasteiger partial charge in [0.15, 0.2) is 0 Å². The SMILES string of the molecule is CCC(CO)N(C)CCOCc1ccccc1. The number of hydrogen-bond acceptors (Lipinski definition) is 3. The summed E-state index contributed by atoms with van der Waals surface area (Å²) in [6.45, 7) is 4.51. The fourth-order valence-electron chi connectivity index (χ4n) is 1.74. The smallest absolute Gasteiger partial charge is 0.0717 e. The monoisotopic (exact) mass is 237 g/mol. The molecule has 0 radical (unpaired) electrons. The van der Waals surface area contributed by atoms with Crippen LogP contribution in [0.15, 0.2) is 30.3 Å². The molecular formula is C14H23NO2. The number of ether oxygens (including phenoxy) is 1. The zero-order valence-corrected chi connectivity index (χ0v) is 10.8. The van der Waals surface area contributed by atoms with Gasteiger partial charge >= 0.3 is 0 Å². The van der Waals surface area contributed by atoms with Gasteiger partial charge in [-0.3, -0.25) is 4.90 Å². The first-order chi connectivity index (χ1) is 8.27. The Morgan fingerprint density at radius 2 is 2.00 bits per heavy atom. The predicted molar refractivity (Wildman–Crippen MR) is 69.9 cm³/mol. The van der Waals surface area contributed by atoms with Crippen LogP contribution in [0.1, 0.15) is 18.9 Å². The van der Waals surface area contributed by atoms with Gasteiger partial charge in [0.25, 0.3) is 0 Å². The van der Waals surface area contributed by atoms with E-state index in [-0.39, 0.29) is 12.6 Å². The molecule has 0 spiro atoms. The molecule has 1 unspecified atom stereocenters. The van der Waals surface area contributed by atoms with Crippen LogP contribution in [0.3, 0.4) is 0 Å². The fourth-order valence-corrected chi connectivity index (χ4v) is 1.74. The molecule has 17 heavy (non-hydrogen) atoms. The van der Waals surface area contributed by atoms with Crippen LogP contribution in [0.5, 0.6) is 0 Å². The van der Waals surface area contributed by atoms with Gasteiger partial charge in [0, 0.05) is 12.6 Å². The lowest BCUT2D eigenvalue weighted by Gasteiger charge is -2.24. The van der Waals surface area contributed by atoms with Gasteiger partial charge in [0.1, 0.15) is 0 Å². The van der Waals surface area contributed by atoms with Gasteiger partial charge in [-0.05, 0) is 19.0 Å². The second-order valence-corrected chi connectivity index (χ2v) is 4.26. The Hall–Kier alpha value is -0.900. The van der Waals surface area contributed by atoms with Gasteiger partial charge in [0.05, 0.1) is 19.8 Å². The maximum absolute atomic E-state index is 9.15. The number of aliphatic hydroxyl groups is 1. The molecule has 0 saturated heterocycles. The molecule has 0 amide bonds. The zero-order valence-electron chi connectivity index (χ0n) is 10.8. The third kappa shape index (κ3) is 5.31. The minimum atomic E-state index is 0.214. The number of aliphatic hydroxyl groups excluding tert-OH is 1. The molecule has 3 nitrogen and oxygen atoms in total. The van der Waals surface area contributed by atoms with E-state index in [2.05, 4.69) is 24.0 Å². The fraction of sp³-hybridized carbons (Fsp3) is 0.571. The van der Waals surface area contributed by atoms with Crippen molar-refractivity contribution in [2.75, 3.05) is 26.8 Å². The number of nitrogens with zero attached hydrogens (tertiary/aromatic N) is 1. The summed E-state index contributed by atoms with van der Waals surface area (Å²) in [5, 5.41) is 9.15. The predicted octanol–water partition coefficient (Wildman–Crippen LogP) is 1.91. The van der Waals surface area contributed by atoms with Crippen LogP contribution in [0, 0.1) is 0 Å². The van der Waals surface area contributed by atoms with E-state index < -0.39 is 0 Å². The zero-order chi connectivity index (χ0) is 12.5. The minimum Gasteiger partial charge on any atom is -0.395 e. The summed E-state index contributed by atoms with van der Waals surface area (Å²) >= 11 is 0. The lowest BCUT2D eigenvalue weighted by atomic mass is 10.2. The first kappa shape index (κ1) is 14.2. The number of hydrogen-bond donors (Lipinski definition) is 1. The van der Waals surface area contributed by atoms with Gasteiger partial charge < -0.3 is 9.84 Å². The Balaban J connectivity index is 2.16. The van der Waals surface area contributed by atoms with Crippen molar-refractivity contribution < 1.29 is 9.84 Å². The second-order valence-electron chi connectivity index (χ2n) is 4.26. The molecule has 1 rings (SSSR count). The Labute approximate surface area is 104 Å². The molecule has 0 aliphatic carbocycles. The van der Waals surface area contributed by atoms with Crippen molar-refractivity contribution >= 4 is 0 Å². The van der Waals surface area contributed by atoms with Gasteiger partial charge in [0.2, 0.25) is 0 Å². The first-order valence-electron chi connectivity index (χ1n) is 6.20. The molecule has 0 aliphatic heterocycles. The third-order valence-corrected chi connectivity index (χ3v) is 3.01. The molecule has 96 valence electrons. The lowest BCUT2D eigenvalue weighted by molar-refractivity contribution is 0.0723. The third-order valence-electron chi connectivity index (χ3n) is 3.01. The van der Waals surface area contributed by atoms with Crippen LogP contribution in [0.2, 0.25) is 0 Å². The highest BCUT2D eigenvalue weighted by Crippen LogP contribution is 2.02. The van der Waals surface area contributed by atoms with Crippen molar-refractivity contribution in [3.63, 3.8) is 0 Å². The summed E-state index contributed by atoms with van der Waals surface area (Å²) in [6, 6.07) is 10.4. The van der Waals surface area contributed by atoms with E-state index >= 15 is 0 Å². The van der Waals surface area contributed by atoms with Crippen molar-refractivity contribution in [1.29, 1.82) is 0 Å². The van der Waals surface area contributed by atoms with Crippen molar-refractivity contribution in [3.05, 3.63) is 35.9 Å². The Bertz CT molecular complexity index is 286. The van der Waals surface area contributed by atoms with E-state index in [0.717, 1.165) is 13.0 Å². The second kappa shape index (κ2) is 8.23. The highest BCUT2D eigenvalue weighted by atomic mass is 16.5. The number of likely N-dealkylation sites (N-methyl/N-ethyl adjacent to an activating group) is 1.